The molecule has 0 unspecified atom stereocenters. The summed E-state index contributed by atoms with van der Waals surface area (Å²) in [4.78, 5) is 15.4. The molecule has 0 bridgehead atoms. The Balaban J connectivity index is 2.62. The van der Waals surface area contributed by atoms with Gasteiger partial charge in [-0.25, -0.2) is 0 Å². The SMILES string of the molecule is CCOC(=O)c1cc2c(C(F)(F)F)cc(Cl)nc2[se]1. The Kier molecular flexibility index (Phi) is 3.90. The van der Waals surface area contributed by atoms with Gasteiger partial charge in [0.1, 0.15) is 0 Å². The van der Waals surface area contributed by atoms with Crippen LogP contribution in [0, 0.1) is 0 Å². The van der Waals surface area contributed by atoms with Crippen LogP contribution >= 0.6 is 11.6 Å². The number of fused-ring (bicyclic) bond motifs is 1. The molecule has 2 rings (SSSR count). The predicted molar refractivity (Wildman–Crippen MR) is 64.7 cm³/mol. The van der Waals surface area contributed by atoms with E-state index in [9.17, 15) is 18.0 Å². The summed E-state index contributed by atoms with van der Waals surface area (Å²) in [6.07, 6.45) is -4.53. The van der Waals surface area contributed by atoms with Crippen LogP contribution in [0.5, 0.6) is 0 Å². The molecule has 19 heavy (non-hydrogen) atoms. The van der Waals surface area contributed by atoms with Gasteiger partial charge in [0.2, 0.25) is 0 Å². The van der Waals surface area contributed by atoms with E-state index < -0.39 is 32.2 Å². The summed E-state index contributed by atoms with van der Waals surface area (Å²) in [5.41, 5.74) is -0.872. The molecule has 0 aliphatic rings. The van der Waals surface area contributed by atoms with Crippen LogP contribution in [0.4, 0.5) is 13.2 Å². The monoisotopic (exact) mass is 357 g/mol. The van der Waals surface area contributed by atoms with Crippen LogP contribution in [0.1, 0.15) is 21.7 Å². The van der Waals surface area contributed by atoms with Crippen molar-refractivity contribution in [2.75, 3.05) is 6.61 Å². The molecule has 0 saturated heterocycles. The first-order valence-electron chi connectivity index (χ1n) is 5.17. The van der Waals surface area contributed by atoms with Crippen molar-refractivity contribution in [2.24, 2.45) is 0 Å². The molecule has 3 nitrogen and oxygen atoms in total. The minimum atomic E-state index is -4.53. The third-order valence-electron chi connectivity index (χ3n) is 2.26. The number of halogens is 4. The van der Waals surface area contributed by atoms with Gasteiger partial charge in [0.25, 0.3) is 0 Å². The predicted octanol–water partition coefficient (Wildman–Crippen LogP) is 3.14. The molecule has 0 radical (unpaired) electrons. The zero-order valence-corrected chi connectivity index (χ0v) is 12.0. The first-order valence-corrected chi connectivity index (χ1v) is 7.26. The Morgan fingerprint density at radius 2 is 2.16 bits per heavy atom. The number of pyridine rings is 1. The second kappa shape index (κ2) is 5.15. The van der Waals surface area contributed by atoms with Crippen LogP contribution in [-0.2, 0) is 10.9 Å². The minimum absolute atomic E-state index is 0.0834. The van der Waals surface area contributed by atoms with Gasteiger partial charge in [-0.05, 0) is 0 Å². The Morgan fingerprint density at radius 3 is 2.74 bits per heavy atom. The molecule has 2 aromatic rings. The maximum atomic E-state index is 12.9. The number of ether oxygens (including phenoxy) is 1. The first-order chi connectivity index (χ1) is 8.82. The molecule has 0 aliphatic heterocycles. The van der Waals surface area contributed by atoms with Crippen molar-refractivity contribution >= 4 is 41.9 Å². The van der Waals surface area contributed by atoms with Crippen LogP contribution in [0.25, 0.3) is 9.78 Å². The van der Waals surface area contributed by atoms with E-state index in [1.807, 2.05) is 0 Å². The Hall–Kier alpha value is -1.04. The van der Waals surface area contributed by atoms with Gasteiger partial charge in [-0.3, -0.25) is 0 Å². The van der Waals surface area contributed by atoms with E-state index in [-0.39, 0.29) is 26.0 Å². The second-order valence-corrected chi connectivity index (χ2v) is 6.09. The number of rotatable bonds is 2. The number of esters is 1. The molecule has 2 heterocycles. The van der Waals surface area contributed by atoms with Crippen LogP contribution in [0.3, 0.4) is 0 Å². The van der Waals surface area contributed by atoms with Crippen LogP contribution in [-0.4, -0.2) is 32.1 Å². The Labute approximate surface area is 117 Å². The number of aromatic nitrogens is 1. The molecule has 2 aromatic heterocycles. The van der Waals surface area contributed by atoms with E-state index in [0.717, 1.165) is 6.07 Å². The normalized spacial score (nSPS) is 11.8. The standard InChI is InChI=1S/C11H7ClF3NO2Se/c1-2-18-10(17)7-3-5-6(11(13,14)15)4-8(12)16-9(5)19-7/h3-4H,2H2,1H3. The number of carbonyl (C=O) groups is 1. The number of hydrogen-bond donors (Lipinski definition) is 0. The van der Waals surface area contributed by atoms with E-state index in [2.05, 4.69) is 4.98 Å². The third kappa shape index (κ3) is 2.94. The zero-order chi connectivity index (χ0) is 14.2. The van der Waals surface area contributed by atoms with Gasteiger partial charge in [-0.1, -0.05) is 0 Å². The third-order valence-corrected chi connectivity index (χ3v) is 4.57. The van der Waals surface area contributed by atoms with Gasteiger partial charge < -0.3 is 0 Å². The molecule has 0 aromatic carbocycles. The average molecular weight is 357 g/mol. The number of nitrogens with zero attached hydrogens (tertiary/aromatic N) is 1. The molecule has 0 atom stereocenters. The van der Waals surface area contributed by atoms with Gasteiger partial charge in [0, 0.05) is 0 Å². The van der Waals surface area contributed by atoms with Crippen molar-refractivity contribution in [2.45, 2.75) is 13.1 Å². The van der Waals surface area contributed by atoms with Crippen LogP contribution < -0.4 is 0 Å². The molecule has 0 saturated carbocycles. The fourth-order valence-electron chi connectivity index (χ4n) is 1.52. The van der Waals surface area contributed by atoms with Gasteiger partial charge >= 0.3 is 117 Å². The molecule has 102 valence electrons. The fourth-order valence-corrected chi connectivity index (χ4v) is 3.82. The fraction of sp³-hybridized carbons (Fsp3) is 0.273. The van der Waals surface area contributed by atoms with E-state index >= 15 is 0 Å². The van der Waals surface area contributed by atoms with Crippen LogP contribution in [0.15, 0.2) is 12.1 Å². The molecular formula is C11H7ClF3NO2Se. The summed E-state index contributed by atoms with van der Waals surface area (Å²) in [7, 11) is 0. The van der Waals surface area contributed by atoms with Crippen LogP contribution in [0.2, 0.25) is 5.15 Å². The summed E-state index contributed by atoms with van der Waals surface area (Å²) in [5.74, 6) is -0.607. The second-order valence-electron chi connectivity index (χ2n) is 3.54. The van der Waals surface area contributed by atoms with Gasteiger partial charge in [0.15, 0.2) is 0 Å². The van der Waals surface area contributed by atoms with Gasteiger partial charge in [-0.15, -0.1) is 0 Å². The molecule has 0 aliphatic carbocycles. The number of hydrogen-bond acceptors (Lipinski definition) is 3. The summed E-state index contributed by atoms with van der Waals surface area (Å²) < 4.78 is 43.8. The summed E-state index contributed by atoms with van der Waals surface area (Å²) in [6.45, 7) is 1.80. The first kappa shape index (κ1) is 14.4. The summed E-state index contributed by atoms with van der Waals surface area (Å²) >= 11 is 4.96. The maximum absolute atomic E-state index is 12.9. The molecule has 8 heteroatoms. The van der Waals surface area contributed by atoms with Crippen molar-refractivity contribution in [1.29, 1.82) is 0 Å². The van der Waals surface area contributed by atoms with Crippen molar-refractivity contribution in [3.05, 3.63) is 27.3 Å². The Bertz CT molecular complexity index is 639. The topological polar surface area (TPSA) is 39.2 Å². The van der Waals surface area contributed by atoms with E-state index in [0.29, 0.717) is 0 Å². The number of carbonyl (C=O) groups excluding carboxylic acids is 1. The van der Waals surface area contributed by atoms with Gasteiger partial charge in [0.05, 0.1) is 0 Å². The van der Waals surface area contributed by atoms with E-state index in [4.69, 9.17) is 16.3 Å². The molecule has 0 spiro atoms. The van der Waals surface area contributed by atoms with E-state index in [1.165, 1.54) is 6.07 Å². The molecule has 0 amide bonds. The number of alkyl halides is 3. The van der Waals surface area contributed by atoms with Crippen molar-refractivity contribution in [3.63, 3.8) is 0 Å². The Morgan fingerprint density at radius 1 is 1.47 bits per heavy atom. The van der Waals surface area contributed by atoms with Gasteiger partial charge in [-0.2, -0.15) is 0 Å². The zero-order valence-electron chi connectivity index (χ0n) is 9.55. The molecule has 0 fully saturated rings. The molecule has 0 N–H and O–H groups in total. The average Bonchev–Trinajstić information content (AvgIpc) is 2.70. The molecular weight excluding hydrogens is 350 g/mol. The van der Waals surface area contributed by atoms with Crippen molar-refractivity contribution in [3.8, 4) is 0 Å². The van der Waals surface area contributed by atoms with Crippen molar-refractivity contribution < 1.29 is 22.7 Å². The summed E-state index contributed by atoms with van der Waals surface area (Å²) in [6, 6.07) is 1.96. The summed E-state index contributed by atoms with van der Waals surface area (Å²) in [5, 5.41) is -0.314. The quantitative estimate of drug-likeness (QED) is 0.471. The van der Waals surface area contributed by atoms with Crippen molar-refractivity contribution in [1.82, 2.24) is 4.98 Å². The van der Waals surface area contributed by atoms with E-state index in [1.54, 1.807) is 6.92 Å².